The number of aromatic nitrogens is 3. The van der Waals surface area contributed by atoms with Gasteiger partial charge < -0.3 is 10.3 Å². The van der Waals surface area contributed by atoms with Gasteiger partial charge in [0.15, 0.2) is 0 Å². The van der Waals surface area contributed by atoms with Crippen molar-refractivity contribution in [1.82, 2.24) is 14.8 Å². The van der Waals surface area contributed by atoms with Gasteiger partial charge in [-0.2, -0.15) is 10.4 Å². The fourth-order valence-electron chi connectivity index (χ4n) is 3.17. The maximum Gasteiger partial charge on any atom is 0.266 e. The van der Waals surface area contributed by atoms with Crippen LogP contribution in [0.5, 0.6) is 0 Å². The largest absolute Gasteiger partial charge is 0.325 e. The Bertz CT molecular complexity index is 1090. The molecule has 0 saturated heterocycles. The molecule has 2 heterocycles. The fourth-order valence-corrected chi connectivity index (χ4v) is 3.17. The number of benzene rings is 1. The van der Waals surface area contributed by atoms with Crippen molar-refractivity contribution >= 4 is 11.6 Å². The Hall–Kier alpha value is -3.66. The first-order valence-corrected chi connectivity index (χ1v) is 8.96. The van der Waals surface area contributed by atoms with Gasteiger partial charge in [-0.05, 0) is 37.0 Å². The lowest BCUT2D eigenvalue weighted by Gasteiger charge is -2.10. The zero-order valence-corrected chi connectivity index (χ0v) is 15.8. The van der Waals surface area contributed by atoms with E-state index >= 15 is 0 Å². The van der Waals surface area contributed by atoms with Crippen LogP contribution in [0.4, 0.5) is 5.69 Å². The first kappa shape index (κ1) is 19.1. The molecular formula is C21H21N5O2. The van der Waals surface area contributed by atoms with E-state index in [2.05, 4.69) is 15.4 Å². The Labute approximate surface area is 162 Å². The number of hydrogen-bond donors (Lipinski definition) is 2. The molecule has 3 aromatic rings. The van der Waals surface area contributed by atoms with E-state index in [0.717, 1.165) is 11.1 Å². The zero-order valence-electron chi connectivity index (χ0n) is 15.8. The molecule has 3 rings (SSSR count). The molecule has 0 aliphatic rings. The van der Waals surface area contributed by atoms with Crippen LogP contribution in [-0.2, 0) is 17.8 Å². The molecule has 0 saturated carbocycles. The number of hydrogen-bond acceptors (Lipinski definition) is 4. The van der Waals surface area contributed by atoms with Gasteiger partial charge in [-0.1, -0.05) is 30.3 Å². The molecule has 0 radical (unpaired) electrons. The van der Waals surface area contributed by atoms with E-state index in [-0.39, 0.29) is 17.9 Å². The van der Waals surface area contributed by atoms with Gasteiger partial charge in [-0.3, -0.25) is 14.3 Å². The third-order valence-corrected chi connectivity index (χ3v) is 4.63. The van der Waals surface area contributed by atoms with Gasteiger partial charge >= 0.3 is 0 Å². The number of aryl methyl sites for hydroxylation is 1. The van der Waals surface area contributed by atoms with Crippen molar-refractivity contribution in [2.45, 2.75) is 33.2 Å². The lowest BCUT2D eigenvalue weighted by atomic mass is 9.99. The molecule has 7 heteroatoms. The predicted molar refractivity (Wildman–Crippen MR) is 106 cm³/mol. The van der Waals surface area contributed by atoms with Crippen molar-refractivity contribution in [2.75, 3.05) is 5.32 Å². The summed E-state index contributed by atoms with van der Waals surface area (Å²) in [6.07, 6.45) is 4.08. The third-order valence-electron chi connectivity index (χ3n) is 4.63. The molecule has 0 atom stereocenters. The van der Waals surface area contributed by atoms with Gasteiger partial charge in [0, 0.05) is 18.3 Å². The van der Waals surface area contributed by atoms with Gasteiger partial charge in [-0.15, -0.1) is 0 Å². The minimum absolute atomic E-state index is 0.100. The summed E-state index contributed by atoms with van der Waals surface area (Å²) in [5, 5.41) is 16.2. The molecule has 1 aromatic carbocycles. The van der Waals surface area contributed by atoms with E-state index in [1.54, 1.807) is 30.9 Å². The summed E-state index contributed by atoms with van der Waals surface area (Å²) in [5.74, 6) is -0.150. The summed E-state index contributed by atoms with van der Waals surface area (Å²) < 4.78 is 1.76. The Balaban J connectivity index is 1.61. The summed E-state index contributed by atoms with van der Waals surface area (Å²) in [5.41, 5.74) is 3.61. The minimum Gasteiger partial charge on any atom is -0.325 e. The topological polar surface area (TPSA) is 104 Å². The maximum atomic E-state index is 12.3. The van der Waals surface area contributed by atoms with Crippen LogP contribution in [0.2, 0.25) is 0 Å². The van der Waals surface area contributed by atoms with Crippen molar-refractivity contribution in [3.8, 4) is 6.07 Å². The molecule has 0 aliphatic heterocycles. The van der Waals surface area contributed by atoms with Crippen LogP contribution in [0.3, 0.4) is 0 Å². The maximum absolute atomic E-state index is 12.3. The number of aromatic amines is 1. The standard InChI is InChI=1S/C21H21N5O2/c1-14-18(15(2)24-21(28)19(14)10-22)8-9-20(27)25-17-11-23-26(13-17)12-16-6-4-3-5-7-16/h3-7,11,13H,8-9,12H2,1-2H3,(H,24,28)(H,25,27). The average Bonchev–Trinajstić information content (AvgIpc) is 3.09. The lowest BCUT2D eigenvalue weighted by Crippen LogP contribution is -2.18. The number of nitrogens with zero attached hydrogens (tertiary/aromatic N) is 3. The summed E-state index contributed by atoms with van der Waals surface area (Å²) >= 11 is 0. The van der Waals surface area contributed by atoms with Crippen LogP contribution in [0.15, 0.2) is 47.5 Å². The lowest BCUT2D eigenvalue weighted by molar-refractivity contribution is -0.116. The van der Waals surface area contributed by atoms with Crippen LogP contribution in [0.25, 0.3) is 0 Å². The molecule has 0 bridgehead atoms. The highest BCUT2D eigenvalue weighted by atomic mass is 16.1. The average molecular weight is 375 g/mol. The predicted octanol–water partition coefficient (Wildman–Crippen LogP) is 2.68. The Kier molecular flexibility index (Phi) is 5.70. The number of rotatable bonds is 6. The number of anilines is 1. The molecular weight excluding hydrogens is 354 g/mol. The number of carbonyl (C=O) groups excluding carboxylic acids is 1. The molecule has 2 aromatic heterocycles. The highest BCUT2D eigenvalue weighted by molar-refractivity contribution is 5.90. The van der Waals surface area contributed by atoms with E-state index in [4.69, 9.17) is 5.26 Å². The van der Waals surface area contributed by atoms with Crippen LogP contribution in [0.1, 0.15) is 34.4 Å². The smallest absolute Gasteiger partial charge is 0.266 e. The summed E-state index contributed by atoms with van der Waals surface area (Å²) in [4.78, 5) is 26.8. The zero-order chi connectivity index (χ0) is 20.1. The van der Waals surface area contributed by atoms with E-state index in [0.29, 0.717) is 29.9 Å². The second kappa shape index (κ2) is 8.35. The molecule has 0 fully saturated rings. The summed E-state index contributed by atoms with van der Waals surface area (Å²) in [6, 6.07) is 11.9. The van der Waals surface area contributed by atoms with E-state index in [1.165, 1.54) is 0 Å². The summed E-state index contributed by atoms with van der Waals surface area (Å²) in [6.45, 7) is 4.14. The van der Waals surface area contributed by atoms with Crippen LogP contribution in [0, 0.1) is 25.2 Å². The second-order valence-electron chi connectivity index (χ2n) is 6.63. The van der Waals surface area contributed by atoms with Crippen molar-refractivity contribution in [2.24, 2.45) is 0 Å². The van der Waals surface area contributed by atoms with E-state index in [1.807, 2.05) is 36.4 Å². The van der Waals surface area contributed by atoms with Crippen LogP contribution in [-0.4, -0.2) is 20.7 Å². The van der Waals surface area contributed by atoms with Gasteiger partial charge in [0.2, 0.25) is 5.91 Å². The van der Waals surface area contributed by atoms with E-state index in [9.17, 15) is 9.59 Å². The van der Waals surface area contributed by atoms with Gasteiger partial charge in [0.05, 0.1) is 18.4 Å². The van der Waals surface area contributed by atoms with Gasteiger partial charge in [-0.25, -0.2) is 0 Å². The normalized spacial score (nSPS) is 10.5. The number of amides is 1. The molecule has 0 aliphatic carbocycles. The number of pyridine rings is 1. The number of nitriles is 1. The number of H-pyrrole nitrogens is 1. The van der Waals surface area contributed by atoms with E-state index < -0.39 is 5.56 Å². The number of carbonyl (C=O) groups is 1. The molecule has 0 spiro atoms. The van der Waals surface area contributed by atoms with Crippen LogP contribution >= 0.6 is 0 Å². The molecule has 0 unspecified atom stereocenters. The van der Waals surface area contributed by atoms with Crippen molar-refractivity contribution in [3.05, 3.63) is 81.0 Å². The fraction of sp³-hybridized carbons (Fsp3) is 0.238. The monoisotopic (exact) mass is 375 g/mol. The molecule has 7 nitrogen and oxygen atoms in total. The highest BCUT2D eigenvalue weighted by Crippen LogP contribution is 2.16. The van der Waals surface area contributed by atoms with Crippen molar-refractivity contribution in [3.63, 3.8) is 0 Å². The molecule has 2 N–H and O–H groups in total. The highest BCUT2D eigenvalue weighted by Gasteiger charge is 2.13. The molecule has 1 amide bonds. The van der Waals surface area contributed by atoms with Gasteiger partial charge in [0.1, 0.15) is 11.6 Å². The van der Waals surface area contributed by atoms with Crippen molar-refractivity contribution < 1.29 is 4.79 Å². The Morgan fingerprint density at radius 1 is 1.29 bits per heavy atom. The first-order valence-electron chi connectivity index (χ1n) is 8.96. The second-order valence-corrected chi connectivity index (χ2v) is 6.63. The SMILES string of the molecule is Cc1[nH]c(=O)c(C#N)c(C)c1CCC(=O)Nc1cnn(Cc2ccccc2)c1. The quantitative estimate of drug-likeness (QED) is 0.691. The first-order chi connectivity index (χ1) is 13.5. The minimum atomic E-state index is -0.392. The van der Waals surface area contributed by atoms with Crippen LogP contribution < -0.4 is 10.9 Å². The Morgan fingerprint density at radius 3 is 2.75 bits per heavy atom. The van der Waals surface area contributed by atoms with Gasteiger partial charge in [0.25, 0.3) is 5.56 Å². The third kappa shape index (κ3) is 4.35. The Morgan fingerprint density at radius 2 is 2.04 bits per heavy atom. The van der Waals surface area contributed by atoms with Crippen molar-refractivity contribution in [1.29, 1.82) is 5.26 Å². The summed E-state index contributed by atoms with van der Waals surface area (Å²) in [7, 11) is 0. The number of nitrogens with one attached hydrogen (secondary N) is 2. The molecule has 142 valence electrons. The molecule has 28 heavy (non-hydrogen) atoms.